The summed E-state index contributed by atoms with van der Waals surface area (Å²) in [5.74, 6) is -0.936. The number of aryl methyl sites for hydroxylation is 1. The predicted molar refractivity (Wildman–Crippen MR) is 92.3 cm³/mol. The number of hydrogen-bond donors (Lipinski definition) is 0. The van der Waals surface area contributed by atoms with Crippen LogP contribution in [0.4, 0.5) is 13.2 Å². The van der Waals surface area contributed by atoms with Gasteiger partial charge in [0.15, 0.2) is 0 Å². The van der Waals surface area contributed by atoms with Crippen LogP contribution >= 0.6 is 0 Å². The van der Waals surface area contributed by atoms with Gasteiger partial charge in [-0.3, -0.25) is 9.78 Å². The molecule has 1 aromatic carbocycles. The van der Waals surface area contributed by atoms with Crippen LogP contribution in [0.2, 0.25) is 0 Å². The summed E-state index contributed by atoms with van der Waals surface area (Å²) in [6.07, 6.45) is 0.127. The van der Waals surface area contributed by atoms with E-state index >= 15 is 0 Å². The largest absolute Gasteiger partial charge is 0.385 e. The maximum atomic E-state index is 13.5. The Morgan fingerprint density at radius 1 is 1.27 bits per heavy atom. The molecule has 1 heterocycles. The lowest BCUT2D eigenvalue weighted by atomic mass is 10.0. The highest BCUT2D eigenvalue weighted by Crippen LogP contribution is 2.28. The molecule has 0 aliphatic heterocycles. The van der Waals surface area contributed by atoms with Gasteiger partial charge in [0.05, 0.1) is 5.56 Å². The molecule has 1 aromatic heterocycles. The van der Waals surface area contributed by atoms with Gasteiger partial charge < -0.3 is 9.64 Å². The molecule has 0 aliphatic carbocycles. The summed E-state index contributed by atoms with van der Waals surface area (Å²) in [7, 11) is 1.60. The third-order valence-electron chi connectivity index (χ3n) is 4.07. The second-order valence-corrected chi connectivity index (χ2v) is 5.93. The second kappa shape index (κ2) is 9.33. The van der Waals surface area contributed by atoms with Gasteiger partial charge in [0.25, 0.3) is 6.43 Å². The van der Waals surface area contributed by atoms with Crippen molar-refractivity contribution in [1.82, 2.24) is 9.88 Å². The molecule has 0 unspecified atom stereocenters. The zero-order valence-electron chi connectivity index (χ0n) is 14.7. The molecule has 2 rings (SSSR count). The average molecular weight is 366 g/mol. The van der Waals surface area contributed by atoms with Crippen LogP contribution in [-0.2, 0) is 16.1 Å². The van der Waals surface area contributed by atoms with Crippen molar-refractivity contribution in [2.24, 2.45) is 0 Å². The molecule has 0 radical (unpaired) electrons. The Morgan fingerprint density at radius 3 is 2.69 bits per heavy atom. The highest BCUT2D eigenvalue weighted by Gasteiger charge is 2.15. The smallest absolute Gasteiger partial charge is 0.266 e. The van der Waals surface area contributed by atoms with Crippen molar-refractivity contribution >= 4 is 6.41 Å². The van der Waals surface area contributed by atoms with Gasteiger partial charge in [-0.15, -0.1) is 0 Å². The molecule has 2 aromatic rings. The van der Waals surface area contributed by atoms with E-state index in [9.17, 15) is 18.0 Å². The fourth-order valence-corrected chi connectivity index (χ4v) is 2.59. The maximum Gasteiger partial charge on any atom is 0.266 e. The normalized spacial score (nSPS) is 11.0. The molecular formula is C19H21F3N2O2. The Balaban J connectivity index is 2.26. The Bertz CT molecular complexity index is 754. The number of alkyl halides is 2. The fraction of sp³-hybridized carbons (Fsp3) is 0.368. The minimum Gasteiger partial charge on any atom is -0.385 e. The highest BCUT2D eigenvalue weighted by molar-refractivity contribution is 5.64. The molecule has 4 nitrogen and oxygen atoms in total. The number of ether oxygens (including phenoxy) is 1. The van der Waals surface area contributed by atoms with Gasteiger partial charge in [-0.05, 0) is 42.7 Å². The fourth-order valence-electron chi connectivity index (χ4n) is 2.59. The Labute approximate surface area is 150 Å². The topological polar surface area (TPSA) is 42.4 Å². The molecule has 0 bridgehead atoms. The molecule has 0 fully saturated rings. The number of nitrogens with zero attached hydrogens (tertiary/aromatic N) is 2. The van der Waals surface area contributed by atoms with Crippen molar-refractivity contribution < 1.29 is 22.7 Å². The van der Waals surface area contributed by atoms with E-state index in [4.69, 9.17) is 4.74 Å². The van der Waals surface area contributed by atoms with E-state index < -0.39 is 17.8 Å². The summed E-state index contributed by atoms with van der Waals surface area (Å²) in [5.41, 5.74) is 1.94. The third kappa shape index (κ3) is 5.05. The first kappa shape index (κ1) is 19.9. The molecule has 140 valence electrons. The molecule has 26 heavy (non-hydrogen) atoms. The Morgan fingerprint density at radius 2 is 2.04 bits per heavy atom. The zero-order valence-corrected chi connectivity index (χ0v) is 14.7. The number of methoxy groups -OCH3 is 1. The van der Waals surface area contributed by atoms with E-state index in [1.807, 2.05) is 6.92 Å². The van der Waals surface area contributed by atoms with Crippen LogP contribution in [0.1, 0.15) is 29.7 Å². The van der Waals surface area contributed by atoms with Crippen LogP contribution in [0.25, 0.3) is 11.1 Å². The summed E-state index contributed by atoms with van der Waals surface area (Å²) in [6, 6.07) is 5.39. The summed E-state index contributed by atoms with van der Waals surface area (Å²) in [4.78, 5) is 17.2. The molecule has 0 atom stereocenters. The maximum absolute atomic E-state index is 13.5. The number of amides is 1. The van der Waals surface area contributed by atoms with Crippen molar-refractivity contribution in [2.45, 2.75) is 26.3 Å². The number of carbonyl (C=O) groups is 1. The van der Waals surface area contributed by atoms with Gasteiger partial charge in [0.2, 0.25) is 6.41 Å². The van der Waals surface area contributed by atoms with Crippen molar-refractivity contribution in [3.8, 4) is 11.1 Å². The summed E-state index contributed by atoms with van der Waals surface area (Å²) in [6.45, 7) is 3.25. The van der Waals surface area contributed by atoms with E-state index in [1.165, 1.54) is 6.07 Å². The van der Waals surface area contributed by atoms with Crippen LogP contribution in [0.3, 0.4) is 0 Å². The second-order valence-electron chi connectivity index (χ2n) is 5.93. The monoisotopic (exact) mass is 366 g/mol. The molecule has 1 amide bonds. The molecule has 0 aliphatic rings. The van der Waals surface area contributed by atoms with Crippen LogP contribution in [0.15, 0.2) is 30.5 Å². The van der Waals surface area contributed by atoms with Gasteiger partial charge in [0.1, 0.15) is 5.82 Å². The highest BCUT2D eigenvalue weighted by atomic mass is 19.3. The zero-order chi connectivity index (χ0) is 19.1. The standard InChI is InChI=1S/C19H21F3N2O2/c1-13-16(11-24(12-25)6-3-7-26-2)8-15(10-23-13)14-4-5-18(20)17(9-14)19(21)22/h4-5,8-10,12,19H,3,6-7,11H2,1-2H3. The lowest BCUT2D eigenvalue weighted by molar-refractivity contribution is -0.118. The molecule has 0 spiro atoms. The van der Waals surface area contributed by atoms with E-state index in [-0.39, 0.29) is 0 Å². The van der Waals surface area contributed by atoms with Gasteiger partial charge in [-0.1, -0.05) is 6.07 Å². The Kier molecular flexibility index (Phi) is 7.15. The van der Waals surface area contributed by atoms with E-state index in [0.29, 0.717) is 37.2 Å². The lowest BCUT2D eigenvalue weighted by Crippen LogP contribution is -2.24. The number of aromatic nitrogens is 1. The quantitative estimate of drug-likeness (QED) is 0.495. The first-order valence-electron chi connectivity index (χ1n) is 8.18. The van der Waals surface area contributed by atoms with Crippen LogP contribution in [0, 0.1) is 12.7 Å². The summed E-state index contributed by atoms with van der Waals surface area (Å²) in [5, 5.41) is 0. The first-order valence-corrected chi connectivity index (χ1v) is 8.18. The number of rotatable bonds is 9. The van der Waals surface area contributed by atoms with Crippen molar-refractivity contribution in [1.29, 1.82) is 0 Å². The number of benzene rings is 1. The molecule has 0 saturated heterocycles. The van der Waals surface area contributed by atoms with E-state index in [0.717, 1.165) is 29.8 Å². The van der Waals surface area contributed by atoms with Gasteiger partial charge in [0, 0.05) is 44.3 Å². The number of hydrogen-bond acceptors (Lipinski definition) is 3. The van der Waals surface area contributed by atoms with E-state index in [2.05, 4.69) is 4.98 Å². The molecule has 0 saturated carbocycles. The summed E-state index contributed by atoms with van der Waals surface area (Å²) >= 11 is 0. The summed E-state index contributed by atoms with van der Waals surface area (Å²) < 4.78 is 44.3. The van der Waals surface area contributed by atoms with Crippen molar-refractivity contribution in [2.75, 3.05) is 20.3 Å². The minimum absolute atomic E-state index is 0.350. The molecular weight excluding hydrogens is 345 g/mol. The average Bonchev–Trinajstić information content (AvgIpc) is 2.62. The van der Waals surface area contributed by atoms with Crippen LogP contribution in [0.5, 0.6) is 0 Å². The van der Waals surface area contributed by atoms with Gasteiger partial charge in [-0.25, -0.2) is 13.2 Å². The van der Waals surface area contributed by atoms with Crippen LogP contribution < -0.4 is 0 Å². The van der Waals surface area contributed by atoms with E-state index in [1.54, 1.807) is 24.3 Å². The van der Waals surface area contributed by atoms with Crippen LogP contribution in [-0.4, -0.2) is 36.6 Å². The van der Waals surface area contributed by atoms with Crippen molar-refractivity contribution in [3.05, 3.63) is 53.1 Å². The SMILES string of the molecule is COCCCN(C=O)Cc1cc(-c2ccc(F)c(C(F)F)c2)cnc1C. The van der Waals surface area contributed by atoms with Gasteiger partial charge in [-0.2, -0.15) is 0 Å². The Hall–Kier alpha value is -2.41. The predicted octanol–water partition coefficient (Wildman–Crippen LogP) is 4.13. The third-order valence-corrected chi connectivity index (χ3v) is 4.07. The first-order chi connectivity index (χ1) is 12.5. The van der Waals surface area contributed by atoms with Crippen molar-refractivity contribution in [3.63, 3.8) is 0 Å². The molecule has 0 N–H and O–H groups in total. The minimum atomic E-state index is -2.89. The molecule has 7 heteroatoms. The lowest BCUT2D eigenvalue weighted by Gasteiger charge is -2.19. The number of pyridine rings is 1. The number of halogens is 3. The van der Waals surface area contributed by atoms with Gasteiger partial charge >= 0.3 is 0 Å². The number of carbonyl (C=O) groups excluding carboxylic acids is 1.